The Morgan fingerprint density at radius 1 is 1.47 bits per heavy atom. The van der Waals surface area contributed by atoms with Crippen LogP contribution in [0, 0.1) is 5.92 Å². The van der Waals surface area contributed by atoms with E-state index in [4.69, 9.17) is 5.73 Å². The van der Waals surface area contributed by atoms with Gasteiger partial charge in [-0.05, 0) is 31.6 Å². The number of rotatable bonds is 3. The molecular weight excluding hydrogens is 282 g/mol. The summed E-state index contributed by atoms with van der Waals surface area (Å²) in [5, 5.41) is 2.64. The third kappa shape index (κ3) is 3.91. The molecule has 4 nitrogen and oxygen atoms in total. The number of aromatic nitrogens is 1. The third-order valence-electron chi connectivity index (χ3n) is 3.80. The minimum Gasteiger partial charge on any atom is -0.337 e. The molecule has 0 aromatic carbocycles. The van der Waals surface area contributed by atoms with E-state index in [0.29, 0.717) is 18.3 Å². The second-order valence-electron chi connectivity index (χ2n) is 5.16. The molecule has 0 radical (unpaired) electrons. The highest BCUT2D eigenvalue weighted by Crippen LogP contribution is 2.27. The van der Waals surface area contributed by atoms with Gasteiger partial charge in [-0.15, -0.1) is 23.7 Å². The van der Waals surface area contributed by atoms with Crippen LogP contribution < -0.4 is 5.73 Å². The van der Waals surface area contributed by atoms with Crippen molar-refractivity contribution in [2.45, 2.75) is 45.2 Å². The molecule has 0 unspecified atom stereocenters. The first-order valence-electron chi connectivity index (χ1n) is 6.53. The average molecular weight is 304 g/mol. The first kappa shape index (κ1) is 16.4. The summed E-state index contributed by atoms with van der Waals surface area (Å²) in [5.74, 6) is 0.832. The van der Waals surface area contributed by atoms with Crippen LogP contribution in [-0.2, 0) is 6.54 Å². The highest BCUT2D eigenvalue weighted by molar-refractivity contribution is 7.09. The Balaban J connectivity index is 0.00000180. The number of carbonyl (C=O) groups is 1. The molecule has 0 spiro atoms. The summed E-state index contributed by atoms with van der Waals surface area (Å²) in [5.41, 5.74) is 6.06. The molecule has 1 amide bonds. The van der Waals surface area contributed by atoms with Crippen molar-refractivity contribution >= 4 is 29.7 Å². The molecule has 1 aromatic heterocycles. The van der Waals surface area contributed by atoms with Crippen LogP contribution in [0.1, 0.15) is 48.1 Å². The van der Waals surface area contributed by atoms with Gasteiger partial charge in [-0.3, -0.25) is 4.79 Å². The zero-order valence-electron chi connectivity index (χ0n) is 11.5. The molecule has 0 saturated heterocycles. The van der Waals surface area contributed by atoms with Crippen molar-refractivity contribution in [2.75, 3.05) is 7.05 Å². The molecule has 1 fully saturated rings. The van der Waals surface area contributed by atoms with E-state index in [9.17, 15) is 4.79 Å². The Morgan fingerprint density at radius 2 is 2.11 bits per heavy atom. The van der Waals surface area contributed by atoms with Crippen molar-refractivity contribution in [1.29, 1.82) is 0 Å². The predicted molar refractivity (Wildman–Crippen MR) is 80.8 cm³/mol. The Bertz CT molecular complexity index is 416. The first-order valence-corrected chi connectivity index (χ1v) is 7.41. The summed E-state index contributed by atoms with van der Waals surface area (Å²) < 4.78 is 0. The molecule has 108 valence electrons. The van der Waals surface area contributed by atoms with E-state index in [0.717, 1.165) is 23.8 Å². The van der Waals surface area contributed by atoms with Gasteiger partial charge in [-0.2, -0.15) is 0 Å². The van der Waals surface area contributed by atoms with Gasteiger partial charge in [0.1, 0.15) is 10.7 Å². The summed E-state index contributed by atoms with van der Waals surface area (Å²) in [6.45, 7) is 2.69. The first-order chi connectivity index (χ1) is 8.61. The van der Waals surface area contributed by atoms with Gasteiger partial charge in [0, 0.05) is 25.0 Å². The largest absolute Gasteiger partial charge is 0.337 e. The van der Waals surface area contributed by atoms with Crippen molar-refractivity contribution in [1.82, 2.24) is 9.88 Å². The third-order valence-corrected chi connectivity index (χ3v) is 4.67. The number of nitrogens with zero attached hydrogens (tertiary/aromatic N) is 2. The fourth-order valence-corrected chi connectivity index (χ4v) is 3.13. The van der Waals surface area contributed by atoms with Gasteiger partial charge in [0.2, 0.25) is 0 Å². The van der Waals surface area contributed by atoms with Crippen molar-refractivity contribution in [3.63, 3.8) is 0 Å². The molecule has 19 heavy (non-hydrogen) atoms. The smallest absolute Gasteiger partial charge is 0.273 e. The highest BCUT2D eigenvalue weighted by Gasteiger charge is 2.26. The number of hydrogen-bond acceptors (Lipinski definition) is 4. The highest BCUT2D eigenvalue weighted by atomic mass is 35.5. The molecule has 1 aliphatic carbocycles. The van der Waals surface area contributed by atoms with Crippen molar-refractivity contribution in [3.05, 3.63) is 16.1 Å². The Labute approximate surface area is 124 Å². The van der Waals surface area contributed by atoms with Gasteiger partial charge in [0.25, 0.3) is 5.91 Å². The van der Waals surface area contributed by atoms with Crippen LogP contribution in [0.4, 0.5) is 0 Å². The number of halogens is 1. The van der Waals surface area contributed by atoms with Gasteiger partial charge in [-0.25, -0.2) is 4.98 Å². The maximum Gasteiger partial charge on any atom is 0.273 e. The summed E-state index contributed by atoms with van der Waals surface area (Å²) in [4.78, 5) is 18.4. The summed E-state index contributed by atoms with van der Waals surface area (Å²) in [6, 6.07) is 0.372. The topological polar surface area (TPSA) is 59.2 Å². The second-order valence-corrected chi connectivity index (χ2v) is 6.10. The minimum atomic E-state index is 0. The Hall–Kier alpha value is -0.650. The molecule has 1 aromatic rings. The normalized spacial score (nSPS) is 22.7. The zero-order chi connectivity index (χ0) is 13.1. The van der Waals surface area contributed by atoms with Crippen LogP contribution in [0.5, 0.6) is 0 Å². The fraction of sp³-hybridized carbons (Fsp3) is 0.692. The molecule has 0 bridgehead atoms. The lowest BCUT2D eigenvalue weighted by atomic mass is 9.87. The number of hydrogen-bond donors (Lipinski definition) is 1. The molecule has 2 N–H and O–H groups in total. The zero-order valence-corrected chi connectivity index (χ0v) is 13.1. The van der Waals surface area contributed by atoms with E-state index in [1.807, 2.05) is 17.3 Å². The van der Waals surface area contributed by atoms with Crippen LogP contribution >= 0.6 is 23.7 Å². The summed E-state index contributed by atoms with van der Waals surface area (Å²) >= 11 is 1.46. The number of carbonyl (C=O) groups excluding carboxylic acids is 1. The molecule has 1 aliphatic rings. The van der Waals surface area contributed by atoms with E-state index in [2.05, 4.69) is 11.9 Å². The Morgan fingerprint density at radius 3 is 2.63 bits per heavy atom. The molecule has 1 saturated carbocycles. The Kier molecular flexibility index (Phi) is 6.23. The van der Waals surface area contributed by atoms with E-state index in [1.165, 1.54) is 24.2 Å². The molecule has 6 heteroatoms. The van der Waals surface area contributed by atoms with E-state index in [1.54, 1.807) is 0 Å². The van der Waals surface area contributed by atoms with Crippen LogP contribution in [0.3, 0.4) is 0 Å². The monoisotopic (exact) mass is 303 g/mol. The van der Waals surface area contributed by atoms with Crippen molar-refractivity contribution in [2.24, 2.45) is 11.7 Å². The SMILES string of the molecule is CC1CCC(N(C)C(=O)c2csc(CN)n2)CC1.Cl. The maximum absolute atomic E-state index is 12.3. The van der Waals surface area contributed by atoms with Crippen molar-refractivity contribution < 1.29 is 4.79 Å². The van der Waals surface area contributed by atoms with Gasteiger partial charge in [0.05, 0.1) is 0 Å². The van der Waals surface area contributed by atoms with E-state index < -0.39 is 0 Å². The number of thiazole rings is 1. The average Bonchev–Trinajstić information content (AvgIpc) is 2.86. The van der Waals surface area contributed by atoms with Gasteiger partial charge in [-0.1, -0.05) is 6.92 Å². The lowest BCUT2D eigenvalue weighted by molar-refractivity contribution is 0.0674. The van der Waals surface area contributed by atoms with Crippen LogP contribution in [0.25, 0.3) is 0 Å². The fourth-order valence-electron chi connectivity index (χ4n) is 2.48. The van der Waals surface area contributed by atoms with Crippen LogP contribution in [0.2, 0.25) is 0 Å². The molecule has 0 atom stereocenters. The second kappa shape index (κ2) is 7.22. The predicted octanol–water partition coefficient (Wildman–Crippen LogP) is 2.67. The molecular formula is C13H22ClN3OS. The maximum atomic E-state index is 12.3. The van der Waals surface area contributed by atoms with Gasteiger partial charge < -0.3 is 10.6 Å². The van der Waals surface area contributed by atoms with Crippen molar-refractivity contribution in [3.8, 4) is 0 Å². The van der Waals surface area contributed by atoms with Gasteiger partial charge in [0.15, 0.2) is 0 Å². The van der Waals surface area contributed by atoms with Gasteiger partial charge >= 0.3 is 0 Å². The number of amides is 1. The molecule has 0 aliphatic heterocycles. The standard InChI is InChI=1S/C13H21N3OS.ClH/c1-9-3-5-10(6-4-9)16(2)13(17)11-8-18-12(7-14)15-11;/h8-10H,3-7,14H2,1-2H3;1H. The summed E-state index contributed by atoms with van der Waals surface area (Å²) in [7, 11) is 1.89. The van der Waals surface area contributed by atoms with E-state index >= 15 is 0 Å². The van der Waals surface area contributed by atoms with Crippen LogP contribution in [0.15, 0.2) is 5.38 Å². The van der Waals surface area contributed by atoms with Crippen LogP contribution in [-0.4, -0.2) is 28.9 Å². The lowest BCUT2D eigenvalue weighted by Gasteiger charge is -2.33. The number of nitrogens with two attached hydrogens (primary N) is 1. The lowest BCUT2D eigenvalue weighted by Crippen LogP contribution is -2.39. The molecule has 1 heterocycles. The quantitative estimate of drug-likeness (QED) is 0.934. The minimum absolute atomic E-state index is 0. The summed E-state index contributed by atoms with van der Waals surface area (Å²) in [6.07, 6.45) is 4.65. The van der Waals surface area contributed by atoms with E-state index in [-0.39, 0.29) is 18.3 Å². The molecule has 2 rings (SSSR count).